The first-order valence-corrected chi connectivity index (χ1v) is 6.49. The second-order valence-corrected chi connectivity index (χ2v) is 5.21. The number of halogens is 5. The average Bonchev–Trinajstić information content (AvgIpc) is 2.28. The van der Waals surface area contributed by atoms with E-state index in [0.717, 1.165) is 0 Å². The molecule has 94 valence electrons. The van der Waals surface area contributed by atoms with Gasteiger partial charge in [0.15, 0.2) is 5.82 Å². The van der Waals surface area contributed by atoms with Crippen molar-refractivity contribution < 1.29 is 4.39 Å². The molecule has 1 heterocycles. The Balaban J connectivity index is 2.43. The van der Waals surface area contributed by atoms with Crippen molar-refractivity contribution in [3.05, 3.63) is 43.9 Å². The number of aromatic nitrogens is 2. The molecule has 0 aliphatic heterocycles. The summed E-state index contributed by atoms with van der Waals surface area (Å²) in [5.74, 6) is -0.171. The van der Waals surface area contributed by atoms with Crippen molar-refractivity contribution in [1.82, 2.24) is 9.97 Å². The van der Waals surface area contributed by atoms with Crippen molar-refractivity contribution in [1.29, 1.82) is 0 Å². The maximum atomic E-state index is 13.1. The standard InChI is InChI=1S/C10H4BrCl3FN3/c11-5-1-4(15)2-6(12)8(5)17-9-7(13)3-16-10(14)18-9/h1-3H,(H,16,17,18). The van der Waals surface area contributed by atoms with E-state index >= 15 is 0 Å². The van der Waals surface area contributed by atoms with Crippen LogP contribution in [0.4, 0.5) is 15.9 Å². The molecule has 0 spiro atoms. The molecule has 0 saturated carbocycles. The Morgan fingerprint density at radius 3 is 2.56 bits per heavy atom. The summed E-state index contributed by atoms with van der Waals surface area (Å²) in [6.45, 7) is 0. The molecule has 3 nitrogen and oxygen atoms in total. The minimum Gasteiger partial charge on any atom is -0.337 e. The molecule has 0 saturated heterocycles. The molecular formula is C10H4BrCl3FN3. The van der Waals surface area contributed by atoms with E-state index in [1.807, 2.05) is 0 Å². The molecule has 0 atom stereocenters. The zero-order chi connectivity index (χ0) is 13.3. The molecule has 1 aromatic carbocycles. The molecule has 18 heavy (non-hydrogen) atoms. The van der Waals surface area contributed by atoms with Gasteiger partial charge in [-0.05, 0) is 39.7 Å². The van der Waals surface area contributed by atoms with E-state index in [2.05, 4.69) is 31.2 Å². The number of rotatable bonds is 2. The minimum atomic E-state index is -0.454. The first-order chi connectivity index (χ1) is 8.47. The minimum absolute atomic E-state index is 0.0382. The van der Waals surface area contributed by atoms with Crippen molar-refractivity contribution in [2.24, 2.45) is 0 Å². The Labute approximate surface area is 125 Å². The maximum absolute atomic E-state index is 13.1. The van der Waals surface area contributed by atoms with Crippen molar-refractivity contribution in [3.63, 3.8) is 0 Å². The molecule has 0 unspecified atom stereocenters. The van der Waals surface area contributed by atoms with Crippen LogP contribution in [0.3, 0.4) is 0 Å². The second-order valence-electron chi connectivity index (χ2n) is 3.21. The van der Waals surface area contributed by atoms with Gasteiger partial charge >= 0.3 is 0 Å². The molecule has 2 aromatic rings. The third kappa shape index (κ3) is 3.03. The largest absolute Gasteiger partial charge is 0.337 e. The van der Waals surface area contributed by atoms with Crippen LogP contribution in [0.5, 0.6) is 0 Å². The predicted molar refractivity (Wildman–Crippen MR) is 74.4 cm³/mol. The quantitative estimate of drug-likeness (QED) is 0.748. The van der Waals surface area contributed by atoms with Crippen LogP contribution in [0.1, 0.15) is 0 Å². The summed E-state index contributed by atoms with van der Waals surface area (Å²) in [6, 6.07) is 2.44. The van der Waals surface area contributed by atoms with Gasteiger partial charge in [0.1, 0.15) is 10.8 Å². The normalized spacial score (nSPS) is 10.5. The van der Waals surface area contributed by atoms with E-state index < -0.39 is 5.82 Å². The summed E-state index contributed by atoms with van der Waals surface area (Å²) in [7, 11) is 0. The molecule has 0 aliphatic rings. The van der Waals surface area contributed by atoms with E-state index in [1.54, 1.807) is 0 Å². The Hall–Kier alpha value is -0.620. The molecule has 0 radical (unpaired) electrons. The van der Waals surface area contributed by atoms with Crippen LogP contribution in [0.15, 0.2) is 22.8 Å². The van der Waals surface area contributed by atoms with Crippen LogP contribution in [-0.4, -0.2) is 9.97 Å². The third-order valence-corrected chi connectivity index (χ3v) is 3.35. The highest BCUT2D eigenvalue weighted by atomic mass is 79.9. The maximum Gasteiger partial charge on any atom is 0.224 e. The van der Waals surface area contributed by atoms with Gasteiger partial charge in [-0.15, -0.1) is 0 Å². The molecule has 8 heteroatoms. The van der Waals surface area contributed by atoms with Gasteiger partial charge in [-0.1, -0.05) is 23.2 Å². The number of benzene rings is 1. The number of nitrogens with one attached hydrogen (secondary N) is 1. The van der Waals surface area contributed by atoms with Gasteiger partial charge < -0.3 is 5.32 Å². The van der Waals surface area contributed by atoms with Gasteiger partial charge in [0.25, 0.3) is 0 Å². The molecule has 0 bridgehead atoms. The lowest BCUT2D eigenvalue weighted by Gasteiger charge is -2.11. The molecule has 1 aromatic heterocycles. The van der Waals surface area contributed by atoms with E-state index in [0.29, 0.717) is 10.2 Å². The van der Waals surface area contributed by atoms with Gasteiger partial charge in [0.2, 0.25) is 5.28 Å². The Bertz CT molecular complexity index is 586. The van der Waals surface area contributed by atoms with Gasteiger partial charge in [0.05, 0.1) is 16.9 Å². The zero-order valence-electron chi connectivity index (χ0n) is 8.52. The van der Waals surface area contributed by atoms with E-state index in [-0.39, 0.29) is 21.1 Å². The molecule has 2 rings (SSSR count). The van der Waals surface area contributed by atoms with Gasteiger partial charge in [-0.2, -0.15) is 4.98 Å². The number of nitrogens with zero attached hydrogens (tertiary/aromatic N) is 2. The summed E-state index contributed by atoms with van der Waals surface area (Å²) in [4.78, 5) is 7.63. The van der Waals surface area contributed by atoms with E-state index in [9.17, 15) is 4.39 Å². The SMILES string of the molecule is Fc1cc(Cl)c(Nc2nc(Cl)ncc2Cl)c(Br)c1. The van der Waals surface area contributed by atoms with E-state index in [4.69, 9.17) is 34.8 Å². The Morgan fingerprint density at radius 1 is 1.17 bits per heavy atom. The highest BCUT2D eigenvalue weighted by molar-refractivity contribution is 9.10. The molecule has 1 N–H and O–H groups in total. The topological polar surface area (TPSA) is 37.8 Å². The number of hydrogen-bond acceptors (Lipinski definition) is 3. The molecular weight excluding hydrogens is 367 g/mol. The lowest BCUT2D eigenvalue weighted by Crippen LogP contribution is -1.98. The fourth-order valence-electron chi connectivity index (χ4n) is 1.21. The summed E-state index contributed by atoms with van der Waals surface area (Å²) in [6.07, 6.45) is 1.35. The zero-order valence-corrected chi connectivity index (χ0v) is 12.4. The monoisotopic (exact) mass is 369 g/mol. The van der Waals surface area contributed by atoms with Gasteiger partial charge in [-0.3, -0.25) is 0 Å². The van der Waals surface area contributed by atoms with Crippen molar-refractivity contribution in [3.8, 4) is 0 Å². The lowest BCUT2D eigenvalue weighted by molar-refractivity contribution is 0.627. The average molecular weight is 371 g/mol. The second kappa shape index (κ2) is 5.57. The third-order valence-electron chi connectivity index (χ3n) is 1.96. The first-order valence-electron chi connectivity index (χ1n) is 4.57. The van der Waals surface area contributed by atoms with E-state index in [1.165, 1.54) is 18.3 Å². The van der Waals surface area contributed by atoms with Crippen LogP contribution in [0.2, 0.25) is 15.3 Å². The lowest BCUT2D eigenvalue weighted by atomic mass is 10.3. The summed E-state index contributed by atoms with van der Waals surface area (Å²) < 4.78 is 13.5. The fraction of sp³-hybridized carbons (Fsp3) is 0. The summed E-state index contributed by atoms with van der Waals surface area (Å²) in [5, 5.41) is 3.36. The fourth-order valence-corrected chi connectivity index (χ4v) is 2.38. The first kappa shape index (κ1) is 13.8. The number of anilines is 2. The highest BCUT2D eigenvalue weighted by Gasteiger charge is 2.11. The Kier molecular flexibility index (Phi) is 4.27. The molecule has 0 fully saturated rings. The summed E-state index contributed by atoms with van der Waals surface area (Å²) in [5.41, 5.74) is 0.440. The smallest absolute Gasteiger partial charge is 0.224 e. The highest BCUT2D eigenvalue weighted by Crippen LogP contribution is 2.35. The van der Waals surface area contributed by atoms with Crippen LogP contribution in [0.25, 0.3) is 0 Å². The van der Waals surface area contributed by atoms with Crippen molar-refractivity contribution in [2.45, 2.75) is 0 Å². The number of hydrogen-bond donors (Lipinski definition) is 1. The van der Waals surface area contributed by atoms with Crippen LogP contribution in [-0.2, 0) is 0 Å². The van der Waals surface area contributed by atoms with Crippen molar-refractivity contribution in [2.75, 3.05) is 5.32 Å². The van der Waals surface area contributed by atoms with Crippen LogP contribution in [0, 0.1) is 5.82 Å². The van der Waals surface area contributed by atoms with Crippen LogP contribution < -0.4 is 5.32 Å². The predicted octanol–water partition coefficient (Wildman–Crippen LogP) is 5.08. The van der Waals surface area contributed by atoms with Crippen molar-refractivity contribution >= 4 is 62.2 Å². The molecule has 0 aliphatic carbocycles. The Morgan fingerprint density at radius 2 is 1.89 bits per heavy atom. The summed E-state index contributed by atoms with van der Waals surface area (Å²) >= 11 is 20.7. The molecule has 0 amide bonds. The van der Waals surface area contributed by atoms with Crippen LogP contribution >= 0.6 is 50.7 Å². The van der Waals surface area contributed by atoms with Gasteiger partial charge in [-0.25, -0.2) is 9.37 Å². The van der Waals surface area contributed by atoms with Gasteiger partial charge in [0, 0.05) is 4.47 Å².